The molecule has 0 radical (unpaired) electrons. The third-order valence-electron chi connectivity index (χ3n) is 5.49. The number of rotatable bonds is 5. The summed E-state index contributed by atoms with van der Waals surface area (Å²) in [6.07, 6.45) is 4.56. The highest BCUT2D eigenvalue weighted by Crippen LogP contribution is 2.43. The minimum absolute atomic E-state index is 0. The third kappa shape index (κ3) is 3.51. The van der Waals surface area contributed by atoms with Gasteiger partial charge in [-0.15, -0.1) is 12.4 Å². The lowest BCUT2D eigenvalue weighted by molar-refractivity contribution is -0.134. The van der Waals surface area contributed by atoms with Crippen molar-refractivity contribution in [3.8, 4) is 17.2 Å². The minimum atomic E-state index is -0.197. The number of nitrogens with one attached hydrogen (secondary N) is 2. The van der Waals surface area contributed by atoms with Gasteiger partial charge >= 0.3 is 0 Å². The van der Waals surface area contributed by atoms with Crippen molar-refractivity contribution in [1.29, 1.82) is 0 Å². The SMILES string of the molecule is Cl.O=C(NCCOc1ccc2c(c1)OCO2)[C@@]12CCCC[C@H]1CNC2. The Morgan fingerprint density at radius 2 is 2.20 bits per heavy atom. The van der Waals surface area contributed by atoms with Crippen LogP contribution in [0.4, 0.5) is 0 Å². The summed E-state index contributed by atoms with van der Waals surface area (Å²) in [5.74, 6) is 2.85. The number of hydrogen-bond donors (Lipinski definition) is 2. The number of ether oxygens (including phenoxy) is 3. The minimum Gasteiger partial charge on any atom is -0.492 e. The van der Waals surface area contributed by atoms with Gasteiger partial charge in [0.25, 0.3) is 0 Å². The number of amides is 1. The highest BCUT2D eigenvalue weighted by molar-refractivity contribution is 5.85. The first-order chi connectivity index (χ1) is 11.8. The molecule has 1 saturated carbocycles. The second kappa shape index (κ2) is 7.70. The van der Waals surface area contributed by atoms with Crippen molar-refractivity contribution in [2.45, 2.75) is 25.7 Å². The Hall–Kier alpha value is -1.66. The summed E-state index contributed by atoms with van der Waals surface area (Å²) in [5.41, 5.74) is -0.197. The molecule has 2 heterocycles. The van der Waals surface area contributed by atoms with Gasteiger partial charge in [-0.3, -0.25) is 4.79 Å². The van der Waals surface area contributed by atoms with Gasteiger partial charge in [0.15, 0.2) is 11.5 Å². The van der Waals surface area contributed by atoms with Crippen molar-refractivity contribution >= 4 is 18.3 Å². The van der Waals surface area contributed by atoms with Crippen molar-refractivity contribution in [2.75, 3.05) is 33.0 Å². The van der Waals surface area contributed by atoms with Crippen LogP contribution >= 0.6 is 12.4 Å². The van der Waals surface area contributed by atoms with E-state index in [4.69, 9.17) is 14.2 Å². The summed E-state index contributed by atoms with van der Waals surface area (Å²) >= 11 is 0. The smallest absolute Gasteiger partial charge is 0.231 e. The maximum atomic E-state index is 12.7. The molecule has 2 fully saturated rings. The van der Waals surface area contributed by atoms with Gasteiger partial charge in [0, 0.05) is 12.6 Å². The number of halogens is 1. The average molecular weight is 369 g/mol. The van der Waals surface area contributed by atoms with Gasteiger partial charge in [0.05, 0.1) is 12.0 Å². The Morgan fingerprint density at radius 1 is 1.32 bits per heavy atom. The molecule has 6 nitrogen and oxygen atoms in total. The molecule has 1 saturated heterocycles. The quantitative estimate of drug-likeness (QED) is 0.779. The van der Waals surface area contributed by atoms with E-state index in [0.29, 0.717) is 24.8 Å². The number of carbonyl (C=O) groups is 1. The first-order valence-corrected chi connectivity index (χ1v) is 8.79. The van der Waals surface area contributed by atoms with E-state index < -0.39 is 0 Å². The summed E-state index contributed by atoms with van der Waals surface area (Å²) in [5, 5.41) is 6.49. The van der Waals surface area contributed by atoms with Crippen molar-refractivity contribution in [3.63, 3.8) is 0 Å². The molecule has 1 amide bonds. The predicted octanol–water partition coefficient (Wildman–Crippen LogP) is 2.11. The molecule has 25 heavy (non-hydrogen) atoms. The van der Waals surface area contributed by atoms with Crippen molar-refractivity contribution in [1.82, 2.24) is 10.6 Å². The molecule has 2 N–H and O–H groups in total. The van der Waals surface area contributed by atoms with Crippen LogP contribution < -0.4 is 24.8 Å². The Bertz CT molecular complexity index is 627. The fourth-order valence-electron chi connectivity index (χ4n) is 4.17. The summed E-state index contributed by atoms with van der Waals surface area (Å²) in [6.45, 7) is 3.00. The van der Waals surface area contributed by atoms with Gasteiger partial charge < -0.3 is 24.8 Å². The Balaban J connectivity index is 0.00000182. The largest absolute Gasteiger partial charge is 0.492 e. The molecule has 0 unspecified atom stereocenters. The molecule has 0 spiro atoms. The lowest BCUT2D eigenvalue weighted by atomic mass is 9.67. The lowest BCUT2D eigenvalue weighted by Crippen LogP contribution is -2.48. The van der Waals surface area contributed by atoms with E-state index in [1.807, 2.05) is 18.2 Å². The first-order valence-electron chi connectivity index (χ1n) is 8.79. The van der Waals surface area contributed by atoms with E-state index >= 15 is 0 Å². The van der Waals surface area contributed by atoms with Crippen LogP contribution in [0.2, 0.25) is 0 Å². The van der Waals surface area contributed by atoms with Crippen LogP contribution in [0, 0.1) is 11.3 Å². The molecule has 2 atom stereocenters. The van der Waals surface area contributed by atoms with Crippen LogP contribution in [0.5, 0.6) is 17.2 Å². The van der Waals surface area contributed by atoms with E-state index in [0.717, 1.165) is 43.9 Å². The Morgan fingerprint density at radius 3 is 3.12 bits per heavy atom. The molecule has 2 aliphatic heterocycles. The lowest BCUT2D eigenvalue weighted by Gasteiger charge is -2.37. The Kier molecular flexibility index (Phi) is 5.59. The normalized spacial score (nSPS) is 26.5. The zero-order valence-electron chi connectivity index (χ0n) is 14.2. The van der Waals surface area contributed by atoms with E-state index in [1.165, 1.54) is 6.42 Å². The second-order valence-corrected chi connectivity index (χ2v) is 6.85. The molecule has 0 aromatic heterocycles. The van der Waals surface area contributed by atoms with Gasteiger partial charge in [0.1, 0.15) is 12.4 Å². The molecule has 138 valence electrons. The first kappa shape index (κ1) is 18.1. The molecule has 1 aromatic rings. The molecular formula is C18H25ClN2O4. The van der Waals surface area contributed by atoms with Gasteiger partial charge in [-0.2, -0.15) is 0 Å². The van der Waals surface area contributed by atoms with Gasteiger partial charge in [-0.25, -0.2) is 0 Å². The zero-order chi connectivity index (χ0) is 16.4. The van der Waals surface area contributed by atoms with Gasteiger partial charge in [-0.1, -0.05) is 12.8 Å². The number of benzene rings is 1. The standard InChI is InChI=1S/C18H24N2O4.ClH/c21-17(18-6-2-1-3-13(18)10-19-11-18)20-7-8-22-14-4-5-15-16(9-14)24-12-23-15;/h4-5,9,13,19H,1-3,6-8,10-12H2,(H,20,21);1H/t13-,18+;/m0./s1. The highest BCUT2D eigenvalue weighted by Gasteiger charge is 2.49. The second-order valence-electron chi connectivity index (χ2n) is 6.85. The maximum Gasteiger partial charge on any atom is 0.231 e. The van der Waals surface area contributed by atoms with Crippen molar-refractivity contribution in [2.24, 2.45) is 11.3 Å². The predicted molar refractivity (Wildman–Crippen MR) is 95.6 cm³/mol. The fourth-order valence-corrected chi connectivity index (χ4v) is 4.17. The van der Waals surface area contributed by atoms with Crippen LogP contribution in [0.1, 0.15) is 25.7 Å². The maximum absolute atomic E-state index is 12.7. The van der Waals surface area contributed by atoms with Gasteiger partial charge in [-0.05, 0) is 37.4 Å². The third-order valence-corrected chi connectivity index (χ3v) is 5.49. The molecule has 1 aromatic carbocycles. The molecule has 3 aliphatic rings. The summed E-state index contributed by atoms with van der Waals surface area (Å²) in [7, 11) is 0. The highest BCUT2D eigenvalue weighted by atomic mass is 35.5. The van der Waals surface area contributed by atoms with E-state index in [2.05, 4.69) is 10.6 Å². The number of fused-ring (bicyclic) bond motifs is 2. The molecule has 0 bridgehead atoms. The number of carbonyl (C=O) groups excluding carboxylic acids is 1. The van der Waals surface area contributed by atoms with Gasteiger partial charge in [0.2, 0.25) is 12.7 Å². The van der Waals surface area contributed by atoms with Crippen LogP contribution in [0.3, 0.4) is 0 Å². The molecule has 7 heteroatoms. The van der Waals surface area contributed by atoms with E-state index in [-0.39, 0.29) is 30.5 Å². The van der Waals surface area contributed by atoms with Crippen LogP contribution in [0.25, 0.3) is 0 Å². The average Bonchev–Trinajstić information content (AvgIpc) is 3.25. The molecular weight excluding hydrogens is 344 g/mol. The summed E-state index contributed by atoms with van der Waals surface area (Å²) in [6, 6.07) is 5.51. The van der Waals surface area contributed by atoms with Crippen molar-refractivity contribution in [3.05, 3.63) is 18.2 Å². The van der Waals surface area contributed by atoms with Crippen LogP contribution in [-0.2, 0) is 4.79 Å². The van der Waals surface area contributed by atoms with Crippen molar-refractivity contribution < 1.29 is 19.0 Å². The van der Waals surface area contributed by atoms with E-state index in [9.17, 15) is 4.79 Å². The van der Waals surface area contributed by atoms with Crippen LogP contribution in [0.15, 0.2) is 18.2 Å². The zero-order valence-corrected chi connectivity index (χ0v) is 15.0. The summed E-state index contributed by atoms with van der Waals surface area (Å²) in [4.78, 5) is 12.7. The topological polar surface area (TPSA) is 68.8 Å². The summed E-state index contributed by atoms with van der Waals surface area (Å²) < 4.78 is 16.3. The Labute approximate surface area is 154 Å². The van der Waals surface area contributed by atoms with E-state index in [1.54, 1.807) is 0 Å². The molecule has 1 aliphatic carbocycles. The fraction of sp³-hybridized carbons (Fsp3) is 0.611. The monoisotopic (exact) mass is 368 g/mol. The van der Waals surface area contributed by atoms with Crippen LogP contribution in [-0.4, -0.2) is 38.9 Å². The molecule has 4 rings (SSSR count). The number of hydrogen-bond acceptors (Lipinski definition) is 5.